The molecule has 14 heteroatoms. The summed E-state index contributed by atoms with van der Waals surface area (Å²) in [6, 6.07) is 6.29. The zero-order chi connectivity index (χ0) is 22.9. The van der Waals surface area contributed by atoms with Gasteiger partial charge in [-0.2, -0.15) is 18.3 Å². The first-order chi connectivity index (χ1) is 14.5. The van der Waals surface area contributed by atoms with E-state index in [0.717, 1.165) is 0 Å². The Morgan fingerprint density at radius 1 is 1.16 bits per heavy atom. The monoisotopic (exact) mass is 580 g/mol. The van der Waals surface area contributed by atoms with Gasteiger partial charge in [-0.1, -0.05) is 11.6 Å². The van der Waals surface area contributed by atoms with Crippen LogP contribution in [0.4, 0.5) is 18.9 Å². The minimum Gasteiger partial charge on any atom is -0.320 e. The van der Waals surface area contributed by atoms with Gasteiger partial charge < -0.3 is 5.32 Å². The highest BCUT2D eigenvalue weighted by atomic mass is 79.9. The number of nitrogens with one attached hydrogen (secondary N) is 2. The molecule has 8 nitrogen and oxygen atoms in total. The van der Waals surface area contributed by atoms with E-state index in [1.165, 1.54) is 30.5 Å². The van der Waals surface area contributed by atoms with E-state index in [1.807, 2.05) is 5.43 Å². The summed E-state index contributed by atoms with van der Waals surface area (Å²) in [5.74, 6) is 3.27. The Hall–Kier alpha value is -2.48. The molecule has 0 unspecified atom stereocenters. The number of halogens is 6. The van der Waals surface area contributed by atoms with Gasteiger partial charge in [-0.25, -0.2) is 15.5 Å². The molecule has 2 heterocycles. The van der Waals surface area contributed by atoms with Crippen LogP contribution in [0, 0.1) is 0 Å². The molecule has 3 rings (SSSR count). The fraction of sp³-hybridized carbons (Fsp3) is 0.0588. The Morgan fingerprint density at radius 3 is 2.48 bits per heavy atom. The van der Waals surface area contributed by atoms with Crippen LogP contribution in [0.5, 0.6) is 0 Å². The Balaban J connectivity index is 2.11. The molecule has 0 aliphatic rings. The smallest absolute Gasteiger partial charge is 0.320 e. The van der Waals surface area contributed by atoms with E-state index in [1.54, 1.807) is 0 Å². The maximum atomic E-state index is 13.3. The Bertz CT molecular complexity index is 1190. The maximum Gasteiger partial charge on any atom is 0.435 e. The van der Waals surface area contributed by atoms with E-state index in [4.69, 9.17) is 17.4 Å². The second-order valence-corrected chi connectivity index (χ2v) is 7.90. The summed E-state index contributed by atoms with van der Waals surface area (Å²) >= 11 is 12.5. The third-order valence-electron chi connectivity index (χ3n) is 3.87. The van der Waals surface area contributed by atoms with Crippen LogP contribution in [0.15, 0.2) is 45.5 Å². The first-order valence-electron chi connectivity index (χ1n) is 8.13. The topological polar surface area (TPSA) is 115 Å². The Labute approximate surface area is 194 Å². The first kappa shape index (κ1) is 23.2. The maximum absolute atomic E-state index is 13.3. The molecule has 0 saturated carbocycles. The van der Waals surface area contributed by atoms with Gasteiger partial charge in [-0.05, 0) is 56.1 Å². The molecule has 0 spiro atoms. The number of aromatic nitrogens is 3. The largest absolute Gasteiger partial charge is 0.435 e. The van der Waals surface area contributed by atoms with E-state index in [0.29, 0.717) is 15.2 Å². The lowest BCUT2D eigenvalue weighted by Crippen LogP contribution is -2.31. The number of hydrogen-bond acceptors (Lipinski definition) is 5. The zero-order valence-corrected chi connectivity index (χ0v) is 18.9. The second-order valence-electron chi connectivity index (χ2n) is 5.84. The second kappa shape index (κ2) is 8.94. The lowest BCUT2D eigenvalue weighted by Gasteiger charge is -2.13. The number of anilines is 1. The van der Waals surface area contributed by atoms with Gasteiger partial charge >= 0.3 is 6.18 Å². The van der Waals surface area contributed by atoms with Gasteiger partial charge in [0.05, 0.1) is 16.3 Å². The molecule has 2 aromatic heterocycles. The van der Waals surface area contributed by atoms with Crippen molar-refractivity contribution in [3.05, 3.63) is 67.4 Å². The van der Waals surface area contributed by atoms with Crippen molar-refractivity contribution < 1.29 is 22.8 Å². The summed E-state index contributed by atoms with van der Waals surface area (Å²) < 4.78 is 41.2. The number of carbonyl (C=O) groups excluding carboxylic acids is 2. The number of rotatable bonds is 4. The molecular formula is C17H10Br2ClF3N6O2. The number of nitrogens with two attached hydrogens (primary N) is 1. The van der Waals surface area contributed by atoms with Crippen molar-refractivity contribution >= 4 is 61.0 Å². The van der Waals surface area contributed by atoms with Gasteiger partial charge in [-0.3, -0.25) is 15.0 Å². The molecule has 31 heavy (non-hydrogen) atoms. The molecule has 0 atom stereocenters. The van der Waals surface area contributed by atoms with Gasteiger partial charge in [0.25, 0.3) is 11.8 Å². The number of hydrazine groups is 1. The number of carbonyl (C=O) groups is 2. The molecule has 2 amide bonds. The van der Waals surface area contributed by atoms with Crippen LogP contribution in [-0.2, 0) is 6.18 Å². The highest BCUT2D eigenvalue weighted by molar-refractivity contribution is 9.13. The molecular weight excluding hydrogens is 572 g/mol. The molecule has 0 fully saturated rings. The van der Waals surface area contributed by atoms with Crippen molar-refractivity contribution in [1.29, 1.82) is 0 Å². The van der Waals surface area contributed by atoms with E-state index in [2.05, 4.69) is 47.3 Å². The van der Waals surface area contributed by atoms with E-state index in [-0.39, 0.29) is 26.6 Å². The molecule has 0 bridgehead atoms. The molecule has 1 aromatic carbocycles. The number of hydrogen-bond donors (Lipinski definition) is 3. The predicted octanol–water partition coefficient (Wildman–Crippen LogP) is 4.32. The lowest BCUT2D eigenvalue weighted by atomic mass is 10.1. The quantitative estimate of drug-likeness (QED) is 0.241. The summed E-state index contributed by atoms with van der Waals surface area (Å²) in [5.41, 5.74) is 0.0357. The third-order valence-corrected chi connectivity index (χ3v) is 6.18. The van der Waals surface area contributed by atoms with Crippen LogP contribution in [-0.4, -0.2) is 26.6 Å². The average molecular weight is 583 g/mol. The summed E-state index contributed by atoms with van der Waals surface area (Å²) in [5, 5.41) is 5.82. The van der Waals surface area contributed by atoms with Crippen LogP contribution in [0.2, 0.25) is 5.02 Å². The molecule has 0 aliphatic heterocycles. The number of nitrogens with zero attached hydrogens (tertiary/aromatic N) is 3. The van der Waals surface area contributed by atoms with Crippen molar-refractivity contribution in [2.45, 2.75) is 6.18 Å². The van der Waals surface area contributed by atoms with Crippen LogP contribution in [0.3, 0.4) is 0 Å². The number of nitrogen functional groups attached to an aromatic ring is 1. The molecule has 0 saturated heterocycles. The van der Waals surface area contributed by atoms with Crippen molar-refractivity contribution in [2.24, 2.45) is 5.84 Å². The summed E-state index contributed by atoms with van der Waals surface area (Å²) in [6.45, 7) is 0. The number of alkyl halides is 3. The number of amides is 2. The molecule has 0 aliphatic carbocycles. The summed E-state index contributed by atoms with van der Waals surface area (Å²) in [7, 11) is 0. The van der Waals surface area contributed by atoms with Crippen LogP contribution in [0.1, 0.15) is 26.5 Å². The van der Waals surface area contributed by atoms with E-state index < -0.39 is 29.4 Å². The lowest BCUT2D eigenvalue weighted by molar-refractivity contribution is -0.141. The standard InChI is InChI=1S/C17H10Br2ClF3N6O2/c18-7-3-4-9(12(13(7)19)16(31)27-24)26-15(30)10-6-11(17(21,22)23)28-29(10)14-8(20)2-1-5-25-14/h1-6H,24H2,(H,26,30)(H,27,31). The number of pyridine rings is 1. The van der Waals surface area contributed by atoms with Crippen molar-refractivity contribution in [1.82, 2.24) is 20.2 Å². The Kier molecular flexibility index (Phi) is 6.69. The summed E-state index contributed by atoms with van der Waals surface area (Å²) in [6.07, 6.45) is -3.54. The minimum absolute atomic E-state index is 0.0172. The van der Waals surface area contributed by atoms with Crippen LogP contribution < -0.4 is 16.6 Å². The van der Waals surface area contributed by atoms with Gasteiger partial charge in [-0.15, -0.1) is 0 Å². The molecule has 162 valence electrons. The van der Waals surface area contributed by atoms with Crippen molar-refractivity contribution in [2.75, 3.05) is 5.32 Å². The highest BCUT2D eigenvalue weighted by Crippen LogP contribution is 2.34. The average Bonchev–Trinajstić information content (AvgIpc) is 3.16. The van der Waals surface area contributed by atoms with Crippen molar-refractivity contribution in [3.8, 4) is 5.82 Å². The fourth-order valence-corrected chi connectivity index (χ4v) is 3.57. The van der Waals surface area contributed by atoms with Crippen LogP contribution in [0.25, 0.3) is 5.82 Å². The molecule has 3 aromatic rings. The molecule has 4 N–H and O–H groups in total. The fourth-order valence-electron chi connectivity index (χ4n) is 2.51. The van der Waals surface area contributed by atoms with E-state index in [9.17, 15) is 22.8 Å². The summed E-state index contributed by atoms with van der Waals surface area (Å²) in [4.78, 5) is 29.0. The number of benzene rings is 1. The molecule has 0 radical (unpaired) electrons. The van der Waals surface area contributed by atoms with Gasteiger partial charge in [0.1, 0.15) is 5.69 Å². The van der Waals surface area contributed by atoms with Crippen molar-refractivity contribution in [3.63, 3.8) is 0 Å². The normalized spacial score (nSPS) is 11.3. The first-order valence-corrected chi connectivity index (χ1v) is 10.1. The SMILES string of the molecule is NNC(=O)c1c(NC(=O)c2cc(C(F)(F)F)nn2-c2ncccc2Cl)ccc(Br)c1Br. The van der Waals surface area contributed by atoms with E-state index >= 15 is 0 Å². The third kappa shape index (κ3) is 4.74. The van der Waals surface area contributed by atoms with Crippen LogP contribution >= 0.6 is 43.5 Å². The van der Waals surface area contributed by atoms with Gasteiger partial charge in [0.15, 0.2) is 11.5 Å². The minimum atomic E-state index is -4.83. The van der Waals surface area contributed by atoms with Gasteiger partial charge in [0, 0.05) is 21.2 Å². The zero-order valence-electron chi connectivity index (χ0n) is 15.0. The predicted molar refractivity (Wildman–Crippen MR) is 113 cm³/mol. The Morgan fingerprint density at radius 2 is 1.87 bits per heavy atom. The van der Waals surface area contributed by atoms with Gasteiger partial charge in [0.2, 0.25) is 0 Å². The highest BCUT2D eigenvalue weighted by Gasteiger charge is 2.36.